The maximum absolute atomic E-state index is 12.3. The minimum Gasteiger partial charge on any atom is -0.457 e. The van der Waals surface area contributed by atoms with Crippen molar-refractivity contribution in [2.75, 3.05) is 6.61 Å². The number of hydrogen-bond donors (Lipinski definition) is 0. The van der Waals surface area contributed by atoms with E-state index in [1.807, 2.05) is 50.2 Å². The molecule has 2 heterocycles. The van der Waals surface area contributed by atoms with Crippen molar-refractivity contribution in [3.05, 3.63) is 70.4 Å². The van der Waals surface area contributed by atoms with Gasteiger partial charge in [-0.1, -0.05) is 23.8 Å². The Morgan fingerprint density at radius 1 is 1.15 bits per heavy atom. The van der Waals surface area contributed by atoms with Gasteiger partial charge in [0.05, 0.1) is 17.8 Å². The fraction of sp³-hybridized carbons (Fsp3) is 0.200. The third-order valence-electron chi connectivity index (χ3n) is 3.82. The molecule has 0 bridgehead atoms. The Morgan fingerprint density at radius 2 is 2.00 bits per heavy atom. The van der Waals surface area contributed by atoms with E-state index < -0.39 is 5.97 Å². The topological polar surface area (TPSA) is 69.2 Å². The van der Waals surface area contributed by atoms with E-state index >= 15 is 0 Å². The first-order valence-corrected chi connectivity index (χ1v) is 9.03. The smallest absolute Gasteiger partial charge is 0.312 e. The van der Waals surface area contributed by atoms with Crippen LogP contribution in [0.4, 0.5) is 0 Å². The number of carbonyl (C=O) groups is 2. The first kappa shape index (κ1) is 17.9. The van der Waals surface area contributed by atoms with Crippen molar-refractivity contribution in [2.45, 2.75) is 20.3 Å². The lowest BCUT2D eigenvalue weighted by Gasteiger charge is -2.07. The molecule has 0 saturated heterocycles. The molecule has 5 nitrogen and oxygen atoms in total. The Balaban J connectivity index is 1.57. The zero-order chi connectivity index (χ0) is 18.5. The third-order valence-corrected chi connectivity index (χ3v) is 4.73. The Morgan fingerprint density at radius 3 is 2.77 bits per heavy atom. The minimum absolute atomic E-state index is 0.0312. The molecule has 0 atom stereocenters. The number of ether oxygens (including phenoxy) is 1. The molecule has 0 amide bonds. The van der Waals surface area contributed by atoms with E-state index in [-0.39, 0.29) is 18.8 Å². The highest BCUT2D eigenvalue weighted by atomic mass is 32.1. The first-order valence-electron chi connectivity index (χ1n) is 8.15. The quantitative estimate of drug-likeness (QED) is 0.490. The van der Waals surface area contributed by atoms with Crippen molar-refractivity contribution in [3.63, 3.8) is 0 Å². The van der Waals surface area contributed by atoms with Crippen molar-refractivity contribution in [2.24, 2.45) is 0 Å². The van der Waals surface area contributed by atoms with Gasteiger partial charge >= 0.3 is 5.97 Å². The van der Waals surface area contributed by atoms with E-state index in [0.29, 0.717) is 11.3 Å². The van der Waals surface area contributed by atoms with E-state index in [1.54, 1.807) is 11.6 Å². The van der Waals surface area contributed by atoms with Crippen LogP contribution in [0.15, 0.2) is 48.0 Å². The summed E-state index contributed by atoms with van der Waals surface area (Å²) in [4.78, 5) is 32.9. The molecule has 0 spiro atoms. The third kappa shape index (κ3) is 4.40. The number of ketones is 1. The normalized spacial score (nSPS) is 10.5. The van der Waals surface area contributed by atoms with Gasteiger partial charge in [0, 0.05) is 17.1 Å². The van der Waals surface area contributed by atoms with Crippen molar-refractivity contribution in [3.8, 4) is 10.7 Å². The van der Waals surface area contributed by atoms with Crippen LogP contribution in [0.2, 0.25) is 0 Å². The van der Waals surface area contributed by atoms with Gasteiger partial charge < -0.3 is 4.74 Å². The maximum atomic E-state index is 12.3. The molecule has 0 aliphatic rings. The molecule has 2 aromatic heterocycles. The number of nitrogens with zero attached hydrogens (tertiary/aromatic N) is 2. The van der Waals surface area contributed by atoms with Gasteiger partial charge in [-0.2, -0.15) is 0 Å². The number of aromatic nitrogens is 2. The van der Waals surface area contributed by atoms with Crippen LogP contribution >= 0.6 is 11.3 Å². The second kappa shape index (κ2) is 8.01. The SMILES string of the molecule is Cc1ccc(C)c(C(=O)COC(=O)Cc2csc(-c3ccccn3)n2)c1. The average Bonchev–Trinajstić information content (AvgIpc) is 3.11. The predicted molar refractivity (Wildman–Crippen MR) is 100 cm³/mol. The zero-order valence-electron chi connectivity index (χ0n) is 14.6. The molecular weight excluding hydrogens is 348 g/mol. The molecule has 0 aliphatic heterocycles. The lowest BCUT2D eigenvalue weighted by atomic mass is 10.0. The number of hydrogen-bond acceptors (Lipinski definition) is 6. The molecule has 0 fully saturated rings. The van der Waals surface area contributed by atoms with Gasteiger partial charge in [-0.3, -0.25) is 14.6 Å². The van der Waals surface area contributed by atoms with E-state index in [2.05, 4.69) is 9.97 Å². The van der Waals surface area contributed by atoms with Crippen LogP contribution in [-0.4, -0.2) is 28.3 Å². The van der Waals surface area contributed by atoms with Crippen molar-refractivity contribution < 1.29 is 14.3 Å². The Kier molecular flexibility index (Phi) is 5.53. The van der Waals surface area contributed by atoms with Crippen LogP contribution in [0, 0.1) is 13.8 Å². The van der Waals surface area contributed by atoms with Crippen LogP contribution in [0.3, 0.4) is 0 Å². The summed E-state index contributed by atoms with van der Waals surface area (Å²) in [5.41, 5.74) is 3.83. The monoisotopic (exact) mass is 366 g/mol. The zero-order valence-corrected chi connectivity index (χ0v) is 15.4. The number of esters is 1. The fourth-order valence-electron chi connectivity index (χ4n) is 2.45. The summed E-state index contributed by atoms with van der Waals surface area (Å²) < 4.78 is 5.13. The van der Waals surface area contributed by atoms with E-state index in [4.69, 9.17) is 4.74 Å². The van der Waals surface area contributed by atoms with Crippen LogP contribution in [0.5, 0.6) is 0 Å². The lowest BCUT2D eigenvalue weighted by molar-refractivity contribution is -0.141. The number of pyridine rings is 1. The molecule has 0 radical (unpaired) electrons. The average molecular weight is 366 g/mol. The van der Waals surface area contributed by atoms with Crippen LogP contribution in [-0.2, 0) is 16.0 Å². The van der Waals surface area contributed by atoms with E-state index in [1.165, 1.54) is 11.3 Å². The maximum Gasteiger partial charge on any atom is 0.312 e. The molecule has 0 unspecified atom stereocenters. The van der Waals surface area contributed by atoms with Gasteiger partial charge in [0.2, 0.25) is 5.78 Å². The summed E-state index contributed by atoms with van der Waals surface area (Å²) in [6.07, 6.45) is 1.73. The standard InChI is InChI=1S/C20H18N2O3S/c1-13-6-7-14(2)16(9-13)18(23)11-25-19(24)10-15-12-26-20(22-15)17-5-3-4-8-21-17/h3-9,12H,10-11H2,1-2H3. The molecule has 3 aromatic rings. The van der Waals surface area contributed by atoms with Gasteiger partial charge in [-0.25, -0.2) is 4.98 Å². The van der Waals surface area contributed by atoms with Gasteiger partial charge in [0.15, 0.2) is 6.61 Å². The second-order valence-corrected chi connectivity index (χ2v) is 6.80. The molecule has 132 valence electrons. The number of thiazole rings is 1. The molecule has 0 N–H and O–H groups in total. The highest BCUT2D eigenvalue weighted by Gasteiger charge is 2.14. The number of benzene rings is 1. The largest absolute Gasteiger partial charge is 0.457 e. The van der Waals surface area contributed by atoms with Crippen LogP contribution in [0.25, 0.3) is 10.7 Å². The molecule has 0 saturated carbocycles. The van der Waals surface area contributed by atoms with Crippen LogP contribution < -0.4 is 0 Å². The predicted octanol–water partition coefficient (Wildman–Crippen LogP) is 3.79. The molecular formula is C20H18N2O3S. The van der Waals surface area contributed by atoms with E-state index in [9.17, 15) is 9.59 Å². The fourth-order valence-corrected chi connectivity index (χ4v) is 3.25. The Bertz CT molecular complexity index is 935. The first-order chi connectivity index (χ1) is 12.5. The molecule has 1 aromatic carbocycles. The van der Waals surface area contributed by atoms with Crippen molar-refractivity contribution in [1.82, 2.24) is 9.97 Å². The van der Waals surface area contributed by atoms with Gasteiger partial charge in [0.1, 0.15) is 5.01 Å². The number of Topliss-reactive ketones (excluding diaryl/α,β-unsaturated/α-hetero) is 1. The van der Waals surface area contributed by atoms with Gasteiger partial charge in [-0.05, 0) is 37.6 Å². The van der Waals surface area contributed by atoms with Gasteiger partial charge in [0.25, 0.3) is 0 Å². The molecule has 6 heteroatoms. The minimum atomic E-state index is -0.471. The summed E-state index contributed by atoms with van der Waals surface area (Å²) in [7, 11) is 0. The lowest BCUT2D eigenvalue weighted by Crippen LogP contribution is -2.16. The molecule has 3 rings (SSSR count). The van der Waals surface area contributed by atoms with Gasteiger partial charge in [-0.15, -0.1) is 11.3 Å². The Labute approximate surface area is 155 Å². The Hall–Kier alpha value is -2.86. The number of aryl methyl sites for hydroxylation is 2. The number of rotatable bonds is 6. The van der Waals surface area contributed by atoms with Crippen LogP contribution in [0.1, 0.15) is 27.2 Å². The molecule has 0 aliphatic carbocycles. The summed E-state index contributed by atoms with van der Waals surface area (Å²) in [6.45, 7) is 3.52. The number of carbonyl (C=O) groups excluding carboxylic acids is 2. The summed E-state index contributed by atoms with van der Waals surface area (Å²) in [5.74, 6) is -0.673. The molecule has 26 heavy (non-hydrogen) atoms. The van der Waals surface area contributed by atoms with Crippen molar-refractivity contribution >= 4 is 23.1 Å². The summed E-state index contributed by atoms with van der Waals surface area (Å²) in [6, 6.07) is 11.2. The summed E-state index contributed by atoms with van der Waals surface area (Å²) >= 11 is 1.42. The second-order valence-electron chi connectivity index (χ2n) is 5.94. The summed E-state index contributed by atoms with van der Waals surface area (Å²) in [5, 5.41) is 2.55. The highest BCUT2D eigenvalue weighted by molar-refractivity contribution is 7.13. The van der Waals surface area contributed by atoms with Crippen molar-refractivity contribution in [1.29, 1.82) is 0 Å². The van der Waals surface area contributed by atoms with E-state index in [0.717, 1.165) is 21.8 Å². The highest BCUT2D eigenvalue weighted by Crippen LogP contribution is 2.21.